The number of thioether (sulfide) groups is 1. The first-order chi connectivity index (χ1) is 9.26. The van der Waals surface area contributed by atoms with Crippen molar-refractivity contribution >= 4 is 39.3 Å². The number of imidazole rings is 1. The summed E-state index contributed by atoms with van der Waals surface area (Å²) >= 11 is 3.01. The second-order valence-electron chi connectivity index (χ2n) is 4.15. The number of hydrogen-bond donors (Lipinski definition) is 2. The summed E-state index contributed by atoms with van der Waals surface area (Å²) in [5, 5.41) is 9.14. The number of nitrogens with zero attached hydrogens (tertiary/aromatic N) is 3. The molecule has 19 heavy (non-hydrogen) atoms. The second kappa shape index (κ2) is 5.18. The Kier molecular flexibility index (Phi) is 3.39. The minimum absolute atomic E-state index is 0.755. The lowest BCUT2D eigenvalue weighted by Crippen LogP contribution is -1.90. The number of nitrogens with one attached hydrogen (secondary N) is 2. The molecule has 3 rings (SSSR count). The van der Waals surface area contributed by atoms with Crippen molar-refractivity contribution in [1.29, 1.82) is 0 Å². The summed E-state index contributed by atoms with van der Waals surface area (Å²) < 4.78 is 3.94. The molecule has 5 nitrogen and oxygen atoms in total. The first-order valence-electron chi connectivity index (χ1n) is 5.84. The lowest BCUT2D eigenvalue weighted by Gasteiger charge is -1.97. The molecule has 2 heterocycles. The van der Waals surface area contributed by atoms with Crippen molar-refractivity contribution in [3.63, 3.8) is 0 Å². The Morgan fingerprint density at radius 2 is 2.32 bits per heavy atom. The number of H-pyrrole nitrogens is 1. The van der Waals surface area contributed by atoms with Crippen LogP contribution in [0.15, 0.2) is 23.4 Å². The summed E-state index contributed by atoms with van der Waals surface area (Å²) in [4.78, 5) is 7.87. The van der Waals surface area contributed by atoms with Crippen molar-refractivity contribution in [3.8, 4) is 0 Å². The molecule has 0 aliphatic rings. The van der Waals surface area contributed by atoms with Crippen LogP contribution in [0.5, 0.6) is 0 Å². The molecule has 7 heteroatoms. The molecule has 0 aliphatic carbocycles. The Balaban J connectivity index is 1.78. The molecule has 2 aromatic heterocycles. The van der Waals surface area contributed by atoms with Gasteiger partial charge in [0.1, 0.15) is 10.7 Å². The number of anilines is 1. The van der Waals surface area contributed by atoms with Gasteiger partial charge >= 0.3 is 0 Å². The minimum atomic E-state index is 0.755. The quantitative estimate of drug-likeness (QED) is 0.723. The number of fused-ring (bicyclic) bond motifs is 1. The largest absolute Gasteiger partial charge is 0.377 e. The van der Waals surface area contributed by atoms with Crippen molar-refractivity contribution in [2.45, 2.75) is 17.8 Å². The van der Waals surface area contributed by atoms with E-state index >= 15 is 0 Å². The maximum atomic E-state index is 4.55. The third-order valence-corrected chi connectivity index (χ3v) is 4.41. The summed E-state index contributed by atoms with van der Waals surface area (Å²) in [5.41, 5.74) is 4.27. The fourth-order valence-corrected chi connectivity index (χ4v) is 3.24. The van der Waals surface area contributed by atoms with Crippen LogP contribution in [-0.4, -0.2) is 26.6 Å². The van der Waals surface area contributed by atoms with Crippen molar-refractivity contribution in [1.82, 2.24) is 19.6 Å². The molecule has 0 spiro atoms. The van der Waals surface area contributed by atoms with Crippen LogP contribution < -0.4 is 5.32 Å². The fraction of sp³-hybridized carbons (Fsp3) is 0.250. The van der Waals surface area contributed by atoms with E-state index in [2.05, 4.69) is 43.9 Å². The van der Waals surface area contributed by atoms with Gasteiger partial charge in [0.2, 0.25) is 0 Å². The standard InChI is InChI=1S/C12H13N5S2/c1-7-3-4-8-9(5-7)15-12(14-8)18-6-10-11(13-2)19-17-16-10/h3-5,13H,6H2,1-2H3,(H,14,15). The Hall–Kier alpha value is -1.60. The molecule has 0 amide bonds. The SMILES string of the molecule is CNc1snnc1CSc1nc2ccc(C)cc2[nH]1. The number of aryl methyl sites for hydroxylation is 1. The van der Waals surface area contributed by atoms with E-state index in [1.165, 1.54) is 17.1 Å². The van der Waals surface area contributed by atoms with E-state index in [9.17, 15) is 0 Å². The van der Waals surface area contributed by atoms with Crippen LogP contribution >= 0.6 is 23.3 Å². The molecule has 2 N–H and O–H groups in total. The molecule has 0 atom stereocenters. The van der Waals surface area contributed by atoms with Crippen molar-refractivity contribution in [2.75, 3.05) is 12.4 Å². The van der Waals surface area contributed by atoms with Gasteiger partial charge in [-0.2, -0.15) is 0 Å². The van der Waals surface area contributed by atoms with Crippen LogP contribution in [0.4, 0.5) is 5.00 Å². The van der Waals surface area contributed by atoms with Crippen molar-refractivity contribution in [3.05, 3.63) is 29.5 Å². The van der Waals surface area contributed by atoms with Crippen LogP contribution in [0, 0.1) is 6.92 Å². The zero-order valence-electron chi connectivity index (χ0n) is 10.6. The smallest absolute Gasteiger partial charge is 0.166 e. The van der Waals surface area contributed by atoms with E-state index < -0.39 is 0 Å². The van der Waals surface area contributed by atoms with Gasteiger partial charge in [0.25, 0.3) is 0 Å². The maximum Gasteiger partial charge on any atom is 0.166 e. The molecule has 98 valence electrons. The molecule has 0 fully saturated rings. The Bertz CT molecular complexity index is 703. The monoisotopic (exact) mass is 291 g/mol. The lowest BCUT2D eigenvalue weighted by molar-refractivity contribution is 1.05. The van der Waals surface area contributed by atoms with Gasteiger partial charge in [-0.25, -0.2) is 4.98 Å². The number of aromatic amines is 1. The highest BCUT2D eigenvalue weighted by molar-refractivity contribution is 7.98. The van der Waals surface area contributed by atoms with Gasteiger partial charge in [0.15, 0.2) is 5.16 Å². The number of benzene rings is 1. The van der Waals surface area contributed by atoms with Crippen LogP contribution in [0.1, 0.15) is 11.3 Å². The van der Waals surface area contributed by atoms with E-state index in [1.807, 2.05) is 13.1 Å². The maximum absolute atomic E-state index is 4.55. The summed E-state index contributed by atoms with van der Waals surface area (Å²) in [5.74, 6) is 0.755. The van der Waals surface area contributed by atoms with Gasteiger partial charge in [-0.1, -0.05) is 22.3 Å². The average molecular weight is 291 g/mol. The summed E-state index contributed by atoms with van der Waals surface area (Å²) in [6.07, 6.45) is 0. The highest BCUT2D eigenvalue weighted by atomic mass is 32.2. The summed E-state index contributed by atoms with van der Waals surface area (Å²) in [7, 11) is 1.88. The third-order valence-electron chi connectivity index (χ3n) is 2.74. The molecule has 0 unspecified atom stereocenters. The molecule has 0 saturated carbocycles. The number of rotatable bonds is 4. The molecular formula is C12H13N5S2. The van der Waals surface area contributed by atoms with Gasteiger partial charge in [-0.15, -0.1) is 5.10 Å². The van der Waals surface area contributed by atoms with Gasteiger partial charge in [0, 0.05) is 24.3 Å². The van der Waals surface area contributed by atoms with E-state index in [-0.39, 0.29) is 0 Å². The van der Waals surface area contributed by atoms with Crippen LogP contribution in [0.3, 0.4) is 0 Å². The third kappa shape index (κ3) is 2.57. The van der Waals surface area contributed by atoms with Crippen molar-refractivity contribution in [2.24, 2.45) is 0 Å². The Labute approximate surface area is 119 Å². The summed E-state index contributed by atoms with van der Waals surface area (Å²) in [6, 6.07) is 6.21. The Morgan fingerprint density at radius 3 is 3.16 bits per heavy atom. The second-order valence-corrected chi connectivity index (χ2v) is 5.87. The van der Waals surface area contributed by atoms with E-state index in [0.717, 1.165) is 32.6 Å². The van der Waals surface area contributed by atoms with Gasteiger partial charge in [-0.3, -0.25) is 0 Å². The van der Waals surface area contributed by atoms with Crippen LogP contribution in [0.2, 0.25) is 0 Å². The predicted octanol–water partition coefficient (Wildman–Crippen LogP) is 3.06. The fourth-order valence-electron chi connectivity index (χ4n) is 1.80. The zero-order valence-corrected chi connectivity index (χ0v) is 12.2. The molecule has 0 aliphatic heterocycles. The number of hydrogen-bond acceptors (Lipinski definition) is 6. The summed E-state index contributed by atoms with van der Waals surface area (Å²) in [6.45, 7) is 2.08. The molecule has 0 radical (unpaired) electrons. The van der Waals surface area contributed by atoms with Gasteiger partial charge in [0.05, 0.1) is 11.0 Å². The van der Waals surface area contributed by atoms with E-state index in [0.29, 0.717) is 0 Å². The van der Waals surface area contributed by atoms with Crippen LogP contribution in [-0.2, 0) is 5.75 Å². The molecule has 3 aromatic rings. The highest BCUT2D eigenvalue weighted by Crippen LogP contribution is 2.27. The van der Waals surface area contributed by atoms with E-state index in [4.69, 9.17) is 0 Å². The molecule has 0 saturated heterocycles. The van der Waals surface area contributed by atoms with Crippen molar-refractivity contribution < 1.29 is 0 Å². The average Bonchev–Trinajstić information content (AvgIpc) is 3.01. The predicted molar refractivity (Wildman–Crippen MR) is 79.8 cm³/mol. The first kappa shape index (κ1) is 12.4. The van der Waals surface area contributed by atoms with Crippen LogP contribution in [0.25, 0.3) is 11.0 Å². The highest BCUT2D eigenvalue weighted by Gasteiger charge is 2.09. The normalized spacial score (nSPS) is 11.1. The molecular weight excluding hydrogens is 278 g/mol. The number of aromatic nitrogens is 4. The minimum Gasteiger partial charge on any atom is -0.377 e. The Morgan fingerprint density at radius 1 is 1.42 bits per heavy atom. The first-order valence-corrected chi connectivity index (χ1v) is 7.60. The van der Waals surface area contributed by atoms with E-state index in [1.54, 1.807) is 11.8 Å². The molecule has 0 bridgehead atoms. The topological polar surface area (TPSA) is 66.5 Å². The molecule has 1 aromatic carbocycles. The van der Waals surface area contributed by atoms with Gasteiger partial charge < -0.3 is 10.3 Å². The lowest BCUT2D eigenvalue weighted by atomic mass is 10.2. The van der Waals surface area contributed by atoms with Gasteiger partial charge in [-0.05, 0) is 24.6 Å². The zero-order chi connectivity index (χ0) is 13.2.